The second-order valence-electron chi connectivity index (χ2n) is 5.42. The Kier molecular flexibility index (Phi) is 4.23. The second-order valence-corrected chi connectivity index (χ2v) is 5.42. The highest BCUT2D eigenvalue weighted by Gasteiger charge is 2.21. The Morgan fingerprint density at radius 1 is 1.27 bits per heavy atom. The van der Waals surface area contributed by atoms with Crippen LogP contribution >= 0.6 is 0 Å². The van der Waals surface area contributed by atoms with Gasteiger partial charge in [0, 0.05) is 12.6 Å². The Morgan fingerprint density at radius 2 is 2.09 bits per heavy atom. The van der Waals surface area contributed by atoms with Crippen molar-refractivity contribution in [1.82, 2.24) is 4.98 Å². The molecule has 3 rings (SSSR count). The first-order valence-corrected chi connectivity index (χ1v) is 7.49. The molecule has 5 nitrogen and oxygen atoms in total. The van der Waals surface area contributed by atoms with Crippen molar-refractivity contribution in [2.45, 2.75) is 25.8 Å². The number of aromatic nitrogens is 1. The van der Waals surface area contributed by atoms with Gasteiger partial charge in [-0.15, -0.1) is 0 Å². The van der Waals surface area contributed by atoms with E-state index in [1.54, 1.807) is 18.3 Å². The molecule has 0 aliphatic carbocycles. The molecule has 0 saturated carbocycles. The molecule has 1 aromatic carbocycles. The quantitative estimate of drug-likeness (QED) is 0.939. The van der Waals surface area contributed by atoms with Gasteiger partial charge in [0.2, 0.25) is 0 Å². The van der Waals surface area contributed by atoms with Gasteiger partial charge in [-0.1, -0.05) is 18.2 Å². The van der Waals surface area contributed by atoms with E-state index in [4.69, 9.17) is 4.74 Å². The van der Waals surface area contributed by atoms with Crippen LogP contribution in [0.2, 0.25) is 0 Å². The molecule has 2 heterocycles. The number of nitrogens with zero attached hydrogens (tertiary/aromatic N) is 2. The van der Waals surface area contributed by atoms with Crippen LogP contribution in [0.4, 0.5) is 16.3 Å². The van der Waals surface area contributed by atoms with Crippen molar-refractivity contribution in [2.75, 3.05) is 16.8 Å². The lowest BCUT2D eigenvalue weighted by Gasteiger charge is -2.22. The standard InChI is InChI=1S/C17H19N3O2/c1-13-6-5-11-20(13)16-10-9-14(12-18-16)19-17(21)22-15-7-3-2-4-8-15/h2-4,7-10,12-13H,5-6,11H2,1H3,(H,19,21). The third-order valence-electron chi connectivity index (χ3n) is 3.80. The molecule has 5 heteroatoms. The van der Waals surface area contributed by atoms with Gasteiger partial charge in [0.1, 0.15) is 11.6 Å². The first-order chi connectivity index (χ1) is 10.7. The van der Waals surface area contributed by atoms with E-state index >= 15 is 0 Å². The Hall–Kier alpha value is -2.56. The van der Waals surface area contributed by atoms with E-state index in [9.17, 15) is 4.79 Å². The van der Waals surface area contributed by atoms with Crippen molar-refractivity contribution in [1.29, 1.82) is 0 Å². The normalized spacial score (nSPS) is 17.3. The van der Waals surface area contributed by atoms with Crippen LogP contribution in [-0.2, 0) is 0 Å². The zero-order chi connectivity index (χ0) is 15.4. The molecule has 1 N–H and O–H groups in total. The summed E-state index contributed by atoms with van der Waals surface area (Å²) in [4.78, 5) is 18.5. The van der Waals surface area contributed by atoms with Crippen molar-refractivity contribution >= 4 is 17.6 Å². The lowest BCUT2D eigenvalue weighted by atomic mass is 10.2. The Balaban J connectivity index is 1.60. The number of pyridine rings is 1. The highest BCUT2D eigenvalue weighted by atomic mass is 16.6. The average Bonchev–Trinajstić information content (AvgIpc) is 2.95. The fraction of sp³-hybridized carbons (Fsp3) is 0.294. The van der Waals surface area contributed by atoms with Gasteiger partial charge in [-0.05, 0) is 44.0 Å². The van der Waals surface area contributed by atoms with Gasteiger partial charge in [0.25, 0.3) is 0 Å². The number of nitrogens with one attached hydrogen (secondary N) is 1. The molecule has 0 spiro atoms. The molecular weight excluding hydrogens is 278 g/mol. The van der Waals surface area contributed by atoms with E-state index in [0.717, 1.165) is 12.4 Å². The maximum absolute atomic E-state index is 11.8. The summed E-state index contributed by atoms with van der Waals surface area (Å²) in [5.41, 5.74) is 0.622. The van der Waals surface area contributed by atoms with E-state index in [1.165, 1.54) is 12.8 Å². The topological polar surface area (TPSA) is 54.5 Å². The monoisotopic (exact) mass is 297 g/mol. The zero-order valence-electron chi connectivity index (χ0n) is 12.5. The Bertz CT molecular complexity index is 628. The molecule has 1 saturated heterocycles. The molecule has 1 atom stereocenters. The van der Waals surface area contributed by atoms with Crippen molar-refractivity contribution in [3.05, 3.63) is 48.7 Å². The fourth-order valence-corrected chi connectivity index (χ4v) is 2.64. The van der Waals surface area contributed by atoms with Gasteiger partial charge in [-0.3, -0.25) is 5.32 Å². The summed E-state index contributed by atoms with van der Waals surface area (Å²) in [7, 11) is 0. The fourth-order valence-electron chi connectivity index (χ4n) is 2.64. The molecule has 0 radical (unpaired) electrons. The van der Waals surface area contributed by atoms with Crippen LogP contribution in [0.1, 0.15) is 19.8 Å². The van der Waals surface area contributed by atoms with Gasteiger partial charge < -0.3 is 9.64 Å². The van der Waals surface area contributed by atoms with Crippen LogP contribution in [0.3, 0.4) is 0 Å². The van der Waals surface area contributed by atoms with E-state index < -0.39 is 6.09 Å². The molecule has 1 aliphatic rings. The molecule has 2 aromatic rings. The summed E-state index contributed by atoms with van der Waals surface area (Å²) in [5.74, 6) is 1.46. The van der Waals surface area contributed by atoms with E-state index in [1.807, 2.05) is 30.3 Å². The summed E-state index contributed by atoms with van der Waals surface area (Å²) >= 11 is 0. The summed E-state index contributed by atoms with van der Waals surface area (Å²) in [6.07, 6.45) is 3.54. The van der Waals surface area contributed by atoms with Gasteiger partial charge in [-0.2, -0.15) is 0 Å². The molecule has 22 heavy (non-hydrogen) atoms. The lowest BCUT2D eigenvalue weighted by Crippen LogP contribution is -2.27. The maximum atomic E-state index is 11.8. The van der Waals surface area contributed by atoms with E-state index in [-0.39, 0.29) is 0 Å². The van der Waals surface area contributed by atoms with Crippen LogP contribution in [-0.4, -0.2) is 23.7 Å². The number of anilines is 2. The molecule has 1 amide bonds. The number of benzene rings is 1. The summed E-state index contributed by atoms with van der Waals surface area (Å²) in [6.45, 7) is 3.25. The predicted octanol–water partition coefficient (Wildman–Crippen LogP) is 3.68. The van der Waals surface area contributed by atoms with E-state index in [2.05, 4.69) is 22.1 Å². The van der Waals surface area contributed by atoms with Gasteiger partial charge in [0.05, 0.1) is 11.9 Å². The van der Waals surface area contributed by atoms with Crippen molar-refractivity contribution in [3.63, 3.8) is 0 Å². The zero-order valence-corrected chi connectivity index (χ0v) is 12.5. The van der Waals surface area contributed by atoms with Gasteiger partial charge in [-0.25, -0.2) is 9.78 Å². The smallest absolute Gasteiger partial charge is 0.410 e. The number of hydrogen-bond donors (Lipinski definition) is 1. The van der Waals surface area contributed by atoms with Gasteiger partial charge in [0.15, 0.2) is 0 Å². The van der Waals surface area contributed by atoms with Crippen LogP contribution in [0.5, 0.6) is 5.75 Å². The van der Waals surface area contributed by atoms with Crippen molar-refractivity contribution in [2.24, 2.45) is 0 Å². The number of ether oxygens (including phenoxy) is 1. The summed E-state index contributed by atoms with van der Waals surface area (Å²) < 4.78 is 5.18. The van der Waals surface area contributed by atoms with E-state index in [0.29, 0.717) is 17.5 Å². The van der Waals surface area contributed by atoms with Gasteiger partial charge >= 0.3 is 6.09 Å². The highest BCUT2D eigenvalue weighted by Crippen LogP contribution is 2.24. The van der Waals surface area contributed by atoms with Crippen LogP contribution in [0.15, 0.2) is 48.7 Å². The molecular formula is C17H19N3O2. The van der Waals surface area contributed by atoms with Crippen LogP contribution < -0.4 is 15.0 Å². The number of carbonyl (C=O) groups excluding carboxylic acids is 1. The number of hydrogen-bond acceptors (Lipinski definition) is 4. The molecule has 1 unspecified atom stereocenters. The number of rotatable bonds is 3. The first kappa shape index (κ1) is 14.4. The summed E-state index contributed by atoms with van der Waals surface area (Å²) in [5, 5.41) is 2.68. The Labute approximate surface area is 129 Å². The van der Waals surface area contributed by atoms with Crippen LogP contribution in [0, 0.1) is 0 Å². The maximum Gasteiger partial charge on any atom is 0.417 e. The third kappa shape index (κ3) is 3.36. The Morgan fingerprint density at radius 3 is 2.73 bits per heavy atom. The molecule has 0 bridgehead atoms. The number of para-hydroxylation sites is 1. The largest absolute Gasteiger partial charge is 0.417 e. The van der Waals surface area contributed by atoms with Crippen molar-refractivity contribution < 1.29 is 9.53 Å². The minimum atomic E-state index is -0.518. The molecule has 1 aliphatic heterocycles. The minimum absolute atomic E-state index is 0.510. The predicted molar refractivity (Wildman–Crippen MR) is 86.4 cm³/mol. The summed E-state index contributed by atoms with van der Waals surface area (Å²) in [6, 6.07) is 13.3. The number of amides is 1. The second kappa shape index (κ2) is 6.47. The van der Waals surface area contributed by atoms with Crippen molar-refractivity contribution in [3.8, 4) is 5.75 Å². The average molecular weight is 297 g/mol. The minimum Gasteiger partial charge on any atom is -0.410 e. The number of carbonyl (C=O) groups is 1. The highest BCUT2D eigenvalue weighted by molar-refractivity contribution is 5.86. The lowest BCUT2D eigenvalue weighted by molar-refractivity contribution is 0.215. The van der Waals surface area contributed by atoms with Crippen LogP contribution in [0.25, 0.3) is 0 Å². The molecule has 114 valence electrons. The molecule has 1 aromatic heterocycles. The first-order valence-electron chi connectivity index (χ1n) is 7.49. The SMILES string of the molecule is CC1CCCN1c1ccc(NC(=O)Oc2ccccc2)cn1. The third-order valence-corrected chi connectivity index (χ3v) is 3.80. The molecule has 1 fully saturated rings.